The number of carbonyl (C=O) groups is 2. The number of nitrogens with zero attached hydrogens (tertiary/aromatic N) is 2. The molecule has 3 aliphatic heterocycles. The Morgan fingerprint density at radius 3 is 3.07 bits per heavy atom. The molecule has 4 heterocycles. The fourth-order valence-electron chi connectivity index (χ4n) is 4.40. The summed E-state index contributed by atoms with van der Waals surface area (Å²) >= 11 is 1.44. The van der Waals surface area contributed by atoms with Gasteiger partial charge in [0, 0.05) is 36.1 Å². The molecule has 146 valence electrons. The lowest BCUT2D eigenvalue weighted by Gasteiger charge is -2.34. The minimum atomic E-state index is -0.0561. The smallest absolute Gasteiger partial charge is 0.323 e. The van der Waals surface area contributed by atoms with E-state index in [1.165, 1.54) is 11.3 Å². The molecule has 2 atom stereocenters. The fourth-order valence-corrected chi connectivity index (χ4v) is 5.11. The zero-order chi connectivity index (χ0) is 19.1. The van der Waals surface area contributed by atoms with Crippen molar-refractivity contribution in [2.75, 3.05) is 36.8 Å². The van der Waals surface area contributed by atoms with Crippen molar-refractivity contribution in [3.05, 3.63) is 29.1 Å². The summed E-state index contributed by atoms with van der Waals surface area (Å²) in [5, 5.41) is 11.9. The van der Waals surface area contributed by atoms with Gasteiger partial charge in [-0.1, -0.05) is 6.07 Å². The predicted molar refractivity (Wildman–Crippen MR) is 110 cm³/mol. The third-order valence-corrected chi connectivity index (χ3v) is 6.76. The lowest BCUT2D eigenvalue weighted by Crippen LogP contribution is -2.45. The van der Waals surface area contributed by atoms with Crippen LogP contribution in [0.4, 0.5) is 15.6 Å². The Labute approximate surface area is 167 Å². The predicted octanol–water partition coefficient (Wildman–Crippen LogP) is 2.77. The molecule has 0 unspecified atom stereocenters. The molecule has 8 heteroatoms. The first-order valence-electron chi connectivity index (χ1n) is 9.81. The van der Waals surface area contributed by atoms with E-state index in [1.54, 1.807) is 0 Å². The van der Waals surface area contributed by atoms with E-state index in [2.05, 4.69) is 27.0 Å². The normalized spacial score (nSPS) is 23.7. The molecule has 1 aromatic carbocycles. The first kappa shape index (κ1) is 17.6. The molecule has 0 spiro atoms. The minimum Gasteiger partial charge on any atom is -0.326 e. The van der Waals surface area contributed by atoms with Crippen molar-refractivity contribution in [2.24, 2.45) is 11.8 Å². The highest BCUT2D eigenvalue weighted by Gasteiger charge is 2.34. The third kappa shape index (κ3) is 3.38. The standard InChI is InChI=1S/C20H23N5O2S/c26-18-4-2-12-7-13(1-3-16(12)22-18)17-11-28-19(23-17)24-20(27)25-6-5-14-8-21-9-15(14)10-25/h1,3,7,11,14-15,21H,2,4-6,8-10H2,(H,22,26)(H,23,24,27)/t14-,15-/m1/s1. The van der Waals surface area contributed by atoms with Crippen molar-refractivity contribution < 1.29 is 9.59 Å². The first-order valence-corrected chi connectivity index (χ1v) is 10.7. The Hall–Kier alpha value is -2.45. The summed E-state index contributed by atoms with van der Waals surface area (Å²) in [6, 6.07) is 5.91. The van der Waals surface area contributed by atoms with Crippen LogP contribution in [-0.4, -0.2) is 48.0 Å². The lowest BCUT2D eigenvalue weighted by atomic mass is 9.89. The number of fused-ring (bicyclic) bond motifs is 2. The van der Waals surface area contributed by atoms with E-state index in [4.69, 9.17) is 0 Å². The van der Waals surface area contributed by atoms with Gasteiger partial charge in [0.1, 0.15) is 0 Å². The minimum absolute atomic E-state index is 0.0561. The van der Waals surface area contributed by atoms with Gasteiger partial charge in [0.25, 0.3) is 0 Å². The molecule has 0 radical (unpaired) electrons. The lowest BCUT2D eigenvalue weighted by molar-refractivity contribution is -0.116. The second-order valence-corrected chi connectivity index (χ2v) is 8.66. The van der Waals surface area contributed by atoms with E-state index in [1.807, 2.05) is 22.4 Å². The van der Waals surface area contributed by atoms with Gasteiger partial charge in [-0.2, -0.15) is 0 Å². The number of aryl methyl sites for hydroxylation is 1. The number of carbonyl (C=O) groups excluding carboxylic acids is 2. The van der Waals surface area contributed by atoms with E-state index in [-0.39, 0.29) is 11.9 Å². The number of hydrogen-bond donors (Lipinski definition) is 3. The zero-order valence-corrected chi connectivity index (χ0v) is 16.3. The van der Waals surface area contributed by atoms with Crippen LogP contribution in [0.25, 0.3) is 11.3 Å². The number of aromatic nitrogens is 1. The third-order valence-electron chi connectivity index (χ3n) is 6.01. The van der Waals surface area contributed by atoms with E-state index in [9.17, 15) is 9.59 Å². The van der Waals surface area contributed by atoms with E-state index >= 15 is 0 Å². The Kier molecular flexibility index (Phi) is 4.52. The number of benzene rings is 1. The van der Waals surface area contributed by atoms with Crippen LogP contribution >= 0.6 is 11.3 Å². The summed E-state index contributed by atoms with van der Waals surface area (Å²) in [6.45, 7) is 3.72. The summed E-state index contributed by atoms with van der Waals surface area (Å²) in [5.74, 6) is 1.35. The number of amides is 3. The molecule has 5 rings (SSSR count). The number of thiazole rings is 1. The summed E-state index contributed by atoms with van der Waals surface area (Å²) in [5.41, 5.74) is 3.86. The molecule has 3 aliphatic rings. The van der Waals surface area contributed by atoms with Gasteiger partial charge in [-0.15, -0.1) is 11.3 Å². The zero-order valence-electron chi connectivity index (χ0n) is 15.5. The molecule has 28 heavy (non-hydrogen) atoms. The van der Waals surface area contributed by atoms with Gasteiger partial charge in [-0.3, -0.25) is 10.1 Å². The Balaban J connectivity index is 1.26. The number of rotatable bonds is 2. The maximum Gasteiger partial charge on any atom is 0.323 e. The van der Waals surface area contributed by atoms with Crippen molar-refractivity contribution in [3.8, 4) is 11.3 Å². The summed E-state index contributed by atoms with van der Waals surface area (Å²) < 4.78 is 0. The second kappa shape index (κ2) is 7.18. The maximum absolute atomic E-state index is 12.6. The van der Waals surface area contributed by atoms with Crippen LogP contribution in [0.5, 0.6) is 0 Å². The highest BCUT2D eigenvalue weighted by molar-refractivity contribution is 7.14. The molecule has 0 bridgehead atoms. The van der Waals surface area contributed by atoms with Crippen LogP contribution in [-0.2, 0) is 11.2 Å². The molecule has 3 amide bonds. The molecule has 2 aromatic rings. The SMILES string of the molecule is O=C1CCc2cc(-c3csc(NC(=O)N4CC[C@@H]5CNC[C@@H]5C4)n3)ccc2N1. The van der Waals surface area contributed by atoms with E-state index in [0.717, 1.165) is 61.5 Å². The van der Waals surface area contributed by atoms with Crippen LogP contribution in [0.15, 0.2) is 23.6 Å². The number of piperidine rings is 1. The van der Waals surface area contributed by atoms with Crippen LogP contribution in [0, 0.1) is 11.8 Å². The van der Waals surface area contributed by atoms with Gasteiger partial charge in [0.15, 0.2) is 5.13 Å². The molecule has 7 nitrogen and oxygen atoms in total. The number of hydrogen-bond acceptors (Lipinski definition) is 5. The maximum atomic E-state index is 12.6. The van der Waals surface area contributed by atoms with Crippen molar-refractivity contribution in [3.63, 3.8) is 0 Å². The van der Waals surface area contributed by atoms with Crippen molar-refractivity contribution in [1.82, 2.24) is 15.2 Å². The van der Waals surface area contributed by atoms with Crippen LogP contribution in [0.2, 0.25) is 0 Å². The van der Waals surface area contributed by atoms with Crippen LogP contribution in [0.1, 0.15) is 18.4 Å². The quantitative estimate of drug-likeness (QED) is 0.727. The van der Waals surface area contributed by atoms with Gasteiger partial charge in [-0.25, -0.2) is 9.78 Å². The highest BCUT2D eigenvalue weighted by Crippen LogP contribution is 2.31. The molecule has 1 aromatic heterocycles. The molecule has 2 saturated heterocycles. The number of urea groups is 1. The average Bonchev–Trinajstić information content (AvgIpc) is 3.36. The fraction of sp³-hybridized carbons (Fsp3) is 0.450. The van der Waals surface area contributed by atoms with Gasteiger partial charge in [0.05, 0.1) is 5.69 Å². The van der Waals surface area contributed by atoms with Gasteiger partial charge < -0.3 is 15.5 Å². The monoisotopic (exact) mass is 397 g/mol. The van der Waals surface area contributed by atoms with Crippen LogP contribution < -0.4 is 16.0 Å². The Morgan fingerprint density at radius 1 is 1.25 bits per heavy atom. The van der Waals surface area contributed by atoms with Gasteiger partial charge in [-0.05, 0) is 55.5 Å². The summed E-state index contributed by atoms with van der Waals surface area (Å²) in [7, 11) is 0. The summed E-state index contributed by atoms with van der Waals surface area (Å²) in [6.07, 6.45) is 2.33. The molecule has 0 aliphatic carbocycles. The Bertz CT molecular complexity index is 927. The van der Waals surface area contributed by atoms with Crippen molar-refractivity contribution in [2.45, 2.75) is 19.3 Å². The van der Waals surface area contributed by atoms with E-state index < -0.39 is 0 Å². The molecule has 3 N–H and O–H groups in total. The average molecular weight is 398 g/mol. The molecular formula is C20H23N5O2S. The van der Waals surface area contributed by atoms with E-state index in [0.29, 0.717) is 23.4 Å². The topological polar surface area (TPSA) is 86.4 Å². The molecular weight excluding hydrogens is 374 g/mol. The largest absolute Gasteiger partial charge is 0.326 e. The Morgan fingerprint density at radius 2 is 2.14 bits per heavy atom. The van der Waals surface area contributed by atoms with Crippen LogP contribution in [0.3, 0.4) is 0 Å². The first-order chi connectivity index (χ1) is 13.7. The van der Waals surface area contributed by atoms with Gasteiger partial charge >= 0.3 is 6.03 Å². The number of anilines is 2. The summed E-state index contributed by atoms with van der Waals surface area (Å²) in [4.78, 5) is 30.7. The second-order valence-electron chi connectivity index (χ2n) is 7.80. The van der Waals surface area contributed by atoms with Crippen molar-refractivity contribution >= 4 is 34.1 Å². The van der Waals surface area contributed by atoms with Crippen molar-refractivity contribution in [1.29, 1.82) is 0 Å². The highest BCUT2D eigenvalue weighted by atomic mass is 32.1. The number of likely N-dealkylation sites (tertiary alicyclic amines) is 1. The molecule has 0 saturated carbocycles. The van der Waals surface area contributed by atoms with Gasteiger partial charge in [0.2, 0.25) is 5.91 Å². The number of nitrogens with one attached hydrogen (secondary N) is 3. The molecule has 2 fully saturated rings.